The van der Waals surface area contributed by atoms with Crippen LogP contribution in [0.3, 0.4) is 0 Å². The highest BCUT2D eigenvalue weighted by atomic mass is 32.2. The third-order valence-electron chi connectivity index (χ3n) is 5.45. The minimum Gasteiger partial charge on any atom is -0.374 e. The Morgan fingerprint density at radius 2 is 2.26 bits per heavy atom. The molecule has 0 bridgehead atoms. The Labute approximate surface area is 120 Å². The highest BCUT2D eigenvalue weighted by Gasteiger charge is 2.49. The van der Waals surface area contributed by atoms with Crippen LogP contribution in [0.4, 0.5) is 4.39 Å². The van der Waals surface area contributed by atoms with Crippen LogP contribution in [0.5, 0.6) is 0 Å². The second kappa shape index (κ2) is 5.53. The molecular weight excluding hydrogens is 261 g/mol. The highest BCUT2D eigenvalue weighted by Crippen LogP contribution is 2.47. The first-order chi connectivity index (χ1) is 9.12. The Balaban J connectivity index is 1.69. The molecule has 3 heterocycles. The van der Waals surface area contributed by atoms with Crippen LogP contribution in [0.2, 0.25) is 0 Å². The number of ether oxygens (including phenoxy) is 1. The fourth-order valence-corrected chi connectivity index (χ4v) is 5.42. The molecule has 4 heteroatoms. The van der Waals surface area contributed by atoms with E-state index in [9.17, 15) is 0 Å². The van der Waals surface area contributed by atoms with Crippen molar-refractivity contribution in [3.05, 3.63) is 0 Å². The lowest BCUT2D eigenvalue weighted by Crippen LogP contribution is -2.51. The maximum Gasteiger partial charge on any atom is 0.115 e. The van der Waals surface area contributed by atoms with Crippen molar-refractivity contribution < 1.29 is 9.13 Å². The fraction of sp³-hybridized carbons (Fsp3) is 1.00. The van der Waals surface area contributed by atoms with Gasteiger partial charge in [-0.05, 0) is 57.2 Å². The van der Waals surface area contributed by atoms with Crippen LogP contribution >= 0.6 is 11.8 Å². The van der Waals surface area contributed by atoms with E-state index in [4.69, 9.17) is 4.74 Å². The van der Waals surface area contributed by atoms with E-state index in [1.54, 1.807) is 0 Å². The van der Waals surface area contributed by atoms with Gasteiger partial charge in [-0.2, -0.15) is 11.8 Å². The number of alkyl halides is 1. The Morgan fingerprint density at radius 1 is 1.37 bits per heavy atom. The Bertz CT molecular complexity index is 311. The highest BCUT2D eigenvalue weighted by molar-refractivity contribution is 7.99. The van der Waals surface area contributed by atoms with Gasteiger partial charge in [-0.1, -0.05) is 0 Å². The number of halogens is 1. The first-order valence-electron chi connectivity index (χ1n) is 7.74. The van der Waals surface area contributed by atoms with E-state index in [0.717, 1.165) is 57.6 Å². The fourth-order valence-electron chi connectivity index (χ4n) is 4.04. The van der Waals surface area contributed by atoms with Crippen molar-refractivity contribution in [2.75, 3.05) is 31.2 Å². The molecule has 4 atom stereocenters. The molecule has 0 saturated carbocycles. The molecule has 3 fully saturated rings. The molecule has 3 rings (SSSR count). The maximum atomic E-state index is 15.4. The molecule has 2 nitrogen and oxygen atoms in total. The third-order valence-corrected chi connectivity index (χ3v) is 6.68. The third kappa shape index (κ3) is 2.81. The summed E-state index contributed by atoms with van der Waals surface area (Å²) in [7, 11) is 0. The summed E-state index contributed by atoms with van der Waals surface area (Å²) in [5.41, 5.74) is -1.03. The average Bonchev–Trinajstić information content (AvgIpc) is 2.88. The van der Waals surface area contributed by atoms with Gasteiger partial charge in [0, 0.05) is 24.8 Å². The summed E-state index contributed by atoms with van der Waals surface area (Å²) in [5.74, 6) is 2.63. The molecule has 3 aliphatic heterocycles. The normalized spacial score (nSPS) is 43.3. The van der Waals surface area contributed by atoms with E-state index in [1.165, 1.54) is 5.75 Å². The summed E-state index contributed by atoms with van der Waals surface area (Å²) in [6.45, 7) is 4.52. The lowest BCUT2D eigenvalue weighted by atomic mass is 9.70. The lowest BCUT2D eigenvalue weighted by Gasteiger charge is -2.46. The van der Waals surface area contributed by atoms with Crippen LogP contribution in [0.1, 0.15) is 39.0 Å². The van der Waals surface area contributed by atoms with Crippen LogP contribution in [0, 0.1) is 11.8 Å². The van der Waals surface area contributed by atoms with Gasteiger partial charge in [0.2, 0.25) is 0 Å². The van der Waals surface area contributed by atoms with Crippen molar-refractivity contribution in [2.24, 2.45) is 11.8 Å². The second-order valence-corrected chi connectivity index (χ2v) is 7.82. The number of hydrogen-bond donors (Lipinski definition) is 1. The number of rotatable bonds is 2. The Kier molecular flexibility index (Phi) is 4.12. The molecule has 19 heavy (non-hydrogen) atoms. The van der Waals surface area contributed by atoms with Gasteiger partial charge in [0.25, 0.3) is 0 Å². The quantitative estimate of drug-likeness (QED) is 0.843. The molecule has 0 aromatic heterocycles. The van der Waals surface area contributed by atoms with Crippen molar-refractivity contribution in [1.29, 1.82) is 0 Å². The van der Waals surface area contributed by atoms with E-state index in [0.29, 0.717) is 0 Å². The Morgan fingerprint density at radius 3 is 2.95 bits per heavy atom. The van der Waals surface area contributed by atoms with Gasteiger partial charge in [-0.25, -0.2) is 4.39 Å². The molecule has 3 saturated heterocycles. The molecule has 0 aromatic rings. The number of piperidine rings is 1. The van der Waals surface area contributed by atoms with Gasteiger partial charge in [0.1, 0.15) is 5.67 Å². The molecule has 1 spiro atoms. The van der Waals surface area contributed by atoms with Crippen molar-refractivity contribution in [1.82, 2.24) is 5.32 Å². The summed E-state index contributed by atoms with van der Waals surface area (Å²) < 4.78 is 21.4. The standard InChI is InChI=1S/C15H26FNOS/c1-14(16,13-3-2-6-17-10-13)12-4-7-18-15(9-12)5-8-19-11-15/h12-13,17H,2-11H2,1H3. The molecule has 3 aliphatic rings. The van der Waals surface area contributed by atoms with Gasteiger partial charge in [0.15, 0.2) is 0 Å². The topological polar surface area (TPSA) is 21.3 Å². The molecular formula is C15H26FNOS. The zero-order chi connectivity index (χ0) is 13.3. The molecule has 0 amide bonds. The SMILES string of the molecule is CC(F)(C1CCCNC1)C1CCOC2(CCSC2)C1. The lowest BCUT2D eigenvalue weighted by molar-refractivity contribution is -0.120. The van der Waals surface area contributed by atoms with E-state index >= 15 is 4.39 Å². The molecule has 0 aromatic carbocycles. The summed E-state index contributed by atoms with van der Waals surface area (Å²) >= 11 is 1.97. The second-order valence-electron chi connectivity index (χ2n) is 6.72. The van der Waals surface area contributed by atoms with Crippen LogP contribution in [-0.4, -0.2) is 42.5 Å². The predicted octanol–water partition coefficient (Wildman–Crippen LogP) is 3.02. The summed E-state index contributed by atoms with van der Waals surface area (Å²) in [4.78, 5) is 0. The van der Waals surface area contributed by atoms with E-state index in [2.05, 4.69) is 5.32 Å². The monoisotopic (exact) mass is 287 g/mol. The minimum atomic E-state index is -1.03. The molecule has 0 aliphatic carbocycles. The van der Waals surface area contributed by atoms with Gasteiger partial charge in [-0.15, -0.1) is 0 Å². The maximum absolute atomic E-state index is 15.4. The van der Waals surface area contributed by atoms with Crippen molar-refractivity contribution in [2.45, 2.75) is 50.3 Å². The number of thioether (sulfide) groups is 1. The summed E-state index contributed by atoms with van der Waals surface area (Å²) in [5, 5.41) is 3.37. The van der Waals surface area contributed by atoms with Gasteiger partial charge < -0.3 is 10.1 Å². The van der Waals surface area contributed by atoms with Crippen molar-refractivity contribution in [3.8, 4) is 0 Å². The minimum absolute atomic E-state index is 0.00300. The largest absolute Gasteiger partial charge is 0.374 e. The van der Waals surface area contributed by atoms with E-state index in [-0.39, 0.29) is 17.4 Å². The van der Waals surface area contributed by atoms with Crippen molar-refractivity contribution in [3.63, 3.8) is 0 Å². The van der Waals surface area contributed by atoms with Crippen LogP contribution in [-0.2, 0) is 4.74 Å². The number of hydrogen-bond acceptors (Lipinski definition) is 3. The average molecular weight is 287 g/mol. The smallest absolute Gasteiger partial charge is 0.115 e. The molecule has 4 unspecified atom stereocenters. The first kappa shape index (κ1) is 14.2. The zero-order valence-electron chi connectivity index (χ0n) is 11.9. The van der Waals surface area contributed by atoms with E-state index < -0.39 is 5.67 Å². The summed E-state index contributed by atoms with van der Waals surface area (Å²) in [6, 6.07) is 0. The Hall–Kier alpha value is 0.200. The van der Waals surface area contributed by atoms with Crippen LogP contribution in [0.25, 0.3) is 0 Å². The molecule has 110 valence electrons. The van der Waals surface area contributed by atoms with Gasteiger partial charge in [-0.3, -0.25) is 0 Å². The van der Waals surface area contributed by atoms with Gasteiger partial charge >= 0.3 is 0 Å². The van der Waals surface area contributed by atoms with Crippen LogP contribution < -0.4 is 5.32 Å². The molecule has 0 radical (unpaired) electrons. The number of nitrogens with one attached hydrogen (secondary N) is 1. The van der Waals surface area contributed by atoms with Crippen molar-refractivity contribution >= 4 is 11.8 Å². The van der Waals surface area contributed by atoms with Gasteiger partial charge in [0.05, 0.1) is 5.60 Å². The first-order valence-corrected chi connectivity index (χ1v) is 8.89. The van der Waals surface area contributed by atoms with E-state index in [1.807, 2.05) is 18.7 Å². The zero-order valence-corrected chi connectivity index (χ0v) is 12.7. The van der Waals surface area contributed by atoms with Crippen LogP contribution in [0.15, 0.2) is 0 Å². The summed E-state index contributed by atoms with van der Waals surface area (Å²) in [6.07, 6.45) is 5.11. The molecule has 1 N–H and O–H groups in total. The predicted molar refractivity (Wildman–Crippen MR) is 78.5 cm³/mol.